The molecular weight excluding hydrogens is 352 g/mol. The van der Waals surface area contributed by atoms with Crippen molar-refractivity contribution in [3.05, 3.63) is 35.1 Å². The molecule has 9 heteroatoms. The molecule has 0 bridgehead atoms. The second-order valence-electron chi connectivity index (χ2n) is 5.46. The van der Waals surface area contributed by atoms with Crippen LogP contribution in [0.5, 0.6) is 0 Å². The summed E-state index contributed by atoms with van der Waals surface area (Å²) in [4.78, 5) is 13.9. The van der Waals surface area contributed by atoms with Crippen molar-refractivity contribution >= 4 is 18.3 Å². The van der Waals surface area contributed by atoms with E-state index in [1.807, 2.05) is 0 Å². The second kappa shape index (κ2) is 8.13. The molecule has 0 aromatic heterocycles. The number of piperidine rings is 1. The SMILES string of the molecule is COC1CCN(C(=O)c2ccc(F)c(C(F)(F)F)c2)C(CN)C1.Cl. The van der Waals surface area contributed by atoms with E-state index in [1.165, 1.54) is 4.90 Å². The zero-order valence-electron chi connectivity index (χ0n) is 13.0. The Labute approximate surface area is 143 Å². The normalized spacial score (nSPS) is 21.3. The highest BCUT2D eigenvalue weighted by atomic mass is 35.5. The van der Waals surface area contributed by atoms with E-state index < -0.39 is 23.5 Å². The number of hydrogen-bond acceptors (Lipinski definition) is 3. The topological polar surface area (TPSA) is 55.6 Å². The molecule has 0 aliphatic carbocycles. The fourth-order valence-corrected chi connectivity index (χ4v) is 2.76. The molecule has 1 heterocycles. The highest BCUT2D eigenvalue weighted by Gasteiger charge is 2.36. The maximum absolute atomic E-state index is 13.3. The summed E-state index contributed by atoms with van der Waals surface area (Å²) in [5.41, 5.74) is 4.01. The van der Waals surface area contributed by atoms with E-state index in [2.05, 4.69) is 0 Å². The minimum Gasteiger partial charge on any atom is -0.381 e. The number of rotatable bonds is 3. The van der Waals surface area contributed by atoms with Gasteiger partial charge in [-0.2, -0.15) is 13.2 Å². The monoisotopic (exact) mass is 370 g/mol. The molecule has 2 atom stereocenters. The molecule has 136 valence electrons. The van der Waals surface area contributed by atoms with Crippen LogP contribution < -0.4 is 5.73 Å². The van der Waals surface area contributed by atoms with Crippen LogP contribution in [-0.4, -0.2) is 43.2 Å². The molecule has 1 aliphatic rings. The maximum Gasteiger partial charge on any atom is 0.419 e. The number of likely N-dealkylation sites (tertiary alicyclic amines) is 1. The zero-order chi connectivity index (χ0) is 17.2. The Bertz CT molecular complexity index is 583. The van der Waals surface area contributed by atoms with Gasteiger partial charge >= 0.3 is 6.18 Å². The third-order valence-electron chi connectivity index (χ3n) is 4.05. The van der Waals surface area contributed by atoms with Crippen LogP contribution in [0.25, 0.3) is 0 Å². The lowest BCUT2D eigenvalue weighted by atomic mass is 9.97. The van der Waals surface area contributed by atoms with E-state index in [1.54, 1.807) is 7.11 Å². The zero-order valence-corrected chi connectivity index (χ0v) is 13.8. The number of amides is 1. The number of halogens is 5. The molecule has 1 aliphatic heterocycles. The number of nitrogens with two attached hydrogens (primary N) is 1. The number of methoxy groups -OCH3 is 1. The first-order valence-corrected chi connectivity index (χ1v) is 7.18. The Morgan fingerprint density at radius 3 is 2.62 bits per heavy atom. The molecule has 24 heavy (non-hydrogen) atoms. The number of benzene rings is 1. The van der Waals surface area contributed by atoms with Crippen molar-refractivity contribution in [1.29, 1.82) is 0 Å². The molecule has 0 radical (unpaired) electrons. The number of carbonyl (C=O) groups is 1. The van der Waals surface area contributed by atoms with Crippen LogP contribution in [0.1, 0.15) is 28.8 Å². The van der Waals surface area contributed by atoms with E-state index in [-0.39, 0.29) is 36.7 Å². The molecule has 0 saturated carbocycles. The van der Waals surface area contributed by atoms with Crippen LogP contribution in [0.4, 0.5) is 17.6 Å². The Balaban J connectivity index is 0.00000288. The van der Waals surface area contributed by atoms with Gasteiger partial charge in [0.15, 0.2) is 0 Å². The molecule has 0 spiro atoms. The average molecular weight is 371 g/mol. The summed E-state index contributed by atoms with van der Waals surface area (Å²) in [6, 6.07) is 1.95. The van der Waals surface area contributed by atoms with Gasteiger partial charge in [0.25, 0.3) is 5.91 Å². The minimum absolute atomic E-state index is 0. The summed E-state index contributed by atoms with van der Waals surface area (Å²) in [5.74, 6) is -1.98. The van der Waals surface area contributed by atoms with Gasteiger partial charge in [-0.3, -0.25) is 4.79 Å². The summed E-state index contributed by atoms with van der Waals surface area (Å²) in [5, 5.41) is 0. The smallest absolute Gasteiger partial charge is 0.381 e. The molecule has 1 saturated heterocycles. The number of nitrogens with zero attached hydrogens (tertiary/aromatic N) is 1. The second-order valence-corrected chi connectivity index (χ2v) is 5.46. The van der Waals surface area contributed by atoms with Gasteiger partial charge in [0.2, 0.25) is 0 Å². The predicted octanol–water partition coefficient (Wildman–Crippen LogP) is 2.84. The maximum atomic E-state index is 13.3. The van der Waals surface area contributed by atoms with Crippen molar-refractivity contribution in [1.82, 2.24) is 4.90 Å². The lowest BCUT2D eigenvalue weighted by molar-refractivity contribution is -0.140. The number of alkyl halides is 3. The van der Waals surface area contributed by atoms with Crippen LogP contribution in [0, 0.1) is 5.82 Å². The van der Waals surface area contributed by atoms with Gasteiger partial charge in [-0.1, -0.05) is 0 Å². The van der Waals surface area contributed by atoms with Gasteiger partial charge in [-0.05, 0) is 31.0 Å². The Morgan fingerprint density at radius 2 is 2.08 bits per heavy atom. The molecule has 2 unspecified atom stereocenters. The van der Waals surface area contributed by atoms with Crippen molar-refractivity contribution < 1.29 is 27.1 Å². The van der Waals surface area contributed by atoms with Gasteiger partial charge in [0, 0.05) is 31.8 Å². The van der Waals surface area contributed by atoms with Gasteiger partial charge in [0.1, 0.15) is 5.82 Å². The van der Waals surface area contributed by atoms with Crippen molar-refractivity contribution in [2.24, 2.45) is 5.73 Å². The van der Waals surface area contributed by atoms with Gasteiger partial charge < -0.3 is 15.4 Å². The molecule has 2 N–H and O–H groups in total. The fourth-order valence-electron chi connectivity index (χ4n) is 2.76. The van der Waals surface area contributed by atoms with Crippen LogP contribution in [0.2, 0.25) is 0 Å². The Kier molecular flexibility index (Phi) is 7.00. The lowest BCUT2D eigenvalue weighted by Gasteiger charge is -2.38. The van der Waals surface area contributed by atoms with Gasteiger partial charge in [-0.25, -0.2) is 4.39 Å². The number of hydrogen-bond donors (Lipinski definition) is 1. The molecule has 1 aromatic carbocycles. The van der Waals surface area contributed by atoms with Crippen LogP contribution in [-0.2, 0) is 10.9 Å². The van der Waals surface area contributed by atoms with E-state index in [0.29, 0.717) is 31.5 Å². The molecule has 1 amide bonds. The van der Waals surface area contributed by atoms with E-state index >= 15 is 0 Å². The first-order valence-electron chi connectivity index (χ1n) is 7.18. The number of ether oxygens (including phenoxy) is 1. The highest BCUT2D eigenvalue weighted by Crippen LogP contribution is 2.32. The largest absolute Gasteiger partial charge is 0.419 e. The molecular formula is C15H19ClF4N2O2. The predicted molar refractivity (Wildman–Crippen MR) is 82.6 cm³/mol. The van der Waals surface area contributed by atoms with Gasteiger partial charge in [0.05, 0.1) is 11.7 Å². The quantitative estimate of drug-likeness (QED) is 0.832. The van der Waals surface area contributed by atoms with E-state index in [9.17, 15) is 22.4 Å². The van der Waals surface area contributed by atoms with E-state index in [4.69, 9.17) is 10.5 Å². The van der Waals surface area contributed by atoms with Crippen LogP contribution in [0.15, 0.2) is 18.2 Å². The minimum atomic E-state index is -4.85. The average Bonchev–Trinajstić information content (AvgIpc) is 2.52. The third-order valence-corrected chi connectivity index (χ3v) is 4.05. The van der Waals surface area contributed by atoms with Gasteiger partial charge in [-0.15, -0.1) is 12.4 Å². The first-order chi connectivity index (χ1) is 10.8. The first kappa shape index (κ1) is 20.7. The molecule has 1 fully saturated rings. The van der Waals surface area contributed by atoms with Crippen molar-refractivity contribution in [2.75, 3.05) is 20.2 Å². The Morgan fingerprint density at radius 1 is 1.42 bits per heavy atom. The summed E-state index contributed by atoms with van der Waals surface area (Å²) in [6.07, 6.45) is -3.79. The van der Waals surface area contributed by atoms with Crippen LogP contribution in [0.3, 0.4) is 0 Å². The lowest BCUT2D eigenvalue weighted by Crippen LogP contribution is -2.51. The number of carbonyl (C=O) groups excluding carboxylic acids is 1. The Hall–Kier alpha value is -1.38. The van der Waals surface area contributed by atoms with E-state index in [0.717, 1.165) is 6.07 Å². The fraction of sp³-hybridized carbons (Fsp3) is 0.533. The third kappa shape index (κ3) is 4.37. The van der Waals surface area contributed by atoms with Crippen molar-refractivity contribution in [2.45, 2.75) is 31.2 Å². The molecule has 4 nitrogen and oxygen atoms in total. The molecule has 1 aromatic rings. The van der Waals surface area contributed by atoms with Crippen LogP contribution >= 0.6 is 12.4 Å². The summed E-state index contributed by atoms with van der Waals surface area (Å²) >= 11 is 0. The van der Waals surface area contributed by atoms with Crippen molar-refractivity contribution in [3.63, 3.8) is 0 Å². The molecule has 2 rings (SSSR count). The highest BCUT2D eigenvalue weighted by molar-refractivity contribution is 5.94. The van der Waals surface area contributed by atoms with Crippen molar-refractivity contribution in [3.8, 4) is 0 Å². The summed E-state index contributed by atoms with van der Waals surface area (Å²) in [7, 11) is 1.56. The summed E-state index contributed by atoms with van der Waals surface area (Å²) < 4.78 is 56.9. The standard InChI is InChI=1S/C15H18F4N2O2.ClH/c1-23-11-4-5-21(10(7-11)8-20)14(22)9-2-3-13(16)12(6-9)15(17,18)19;/h2-3,6,10-11H,4-5,7-8,20H2,1H3;1H. The summed E-state index contributed by atoms with van der Waals surface area (Å²) in [6.45, 7) is 0.511.